The van der Waals surface area contributed by atoms with Crippen LogP contribution in [-0.4, -0.2) is 11.6 Å². The minimum absolute atomic E-state index is 0.0539. The molecule has 0 N–H and O–H groups in total. The van der Waals surface area contributed by atoms with Gasteiger partial charge < -0.3 is 0 Å². The van der Waals surface area contributed by atoms with E-state index in [2.05, 4.69) is 33.8 Å². The van der Waals surface area contributed by atoms with Gasteiger partial charge >= 0.3 is 0 Å². The monoisotopic (exact) mass is 354 g/mol. The third-order valence-corrected chi connectivity index (χ3v) is 8.86. The molecule has 4 aliphatic rings. The van der Waals surface area contributed by atoms with E-state index >= 15 is 0 Å². The summed E-state index contributed by atoms with van der Waals surface area (Å²) in [4.78, 5) is 25.0. The fourth-order valence-electron chi connectivity index (χ4n) is 7.60. The van der Waals surface area contributed by atoms with Gasteiger partial charge in [0, 0.05) is 18.4 Å². The van der Waals surface area contributed by atoms with E-state index in [1.54, 1.807) is 11.6 Å². The van der Waals surface area contributed by atoms with Crippen LogP contribution in [0.1, 0.15) is 79.1 Å². The number of ketones is 2. The minimum Gasteiger partial charge on any atom is -0.295 e. The SMILES string of the molecule is CC/C=C(\C)[C@H]1CCC2C3CC(=O)C4=CC(=O)CCC4(C)C3CCC21C. The van der Waals surface area contributed by atoms with Gasteiger partial charge in [0.2, 0.25) is 0 Å². The number of carbonyl (C=O) groups excluding carboxylic acids is 2. The van der Waals surface area contributed by atoms with Crippen LogP contribution in [0, 0.1) is 34.5 Å². The Bertz CT molecular complexity index is 699. The number of carbonyl (C=O) groups is 2. The van der Waals surface area contributed by atoms with Gasteiger partial charge in [0.1, 0.15) is 0 Å². The molecule has 142 valence electrons. The van der Waals surface area contributed by atoms with Crippen molar-refractivity contribution in [1.29, 1.82) is 0 Å². The summed E-state index contributed by atoms with van der Waals surface area (Å²) in [6.07, 6.45) is 12.5. The zero-order valence-electron chi connectivity index (χ0n) is 16.9. The van der Waals surface area contributed by atoms with Gasteiger partial charge in [-0.3, -0.25) is 9.59 Å². The van der Waals surface area contributed by atoms with Crippen molar-refractivity contribution in [1.82, 2.24) is 0 Å². The molecule has 0 aliphatic heterocycles. The molecule has 0 saturated heterocycles. The van der Waals surface area contributed by atoms with Gasteiger partial charge in [-0.15, -0.1) is 0 Å². The third-order valence-electron chi connectivity index (χ3n) is 8.86. The van der Waals surface area contributed by atoms with Crippen molar-refractivity contribution in [3.8, 4) is 0 Å². The normalized spacial score (nSPS) is 45.7. The van der Waals surface area contributed by atoms with E-state index in [1.165, 1.54) is 25.7 Å². The molecule has 4 aliphatic carbocycles. The molecule has 0 amide bonds. The average molecular weight is 355 g/mol. The molecule has 26 heavy (non-hydrogen) atoms. The van der Waals surface area contributed by atoms with Crippen molar-refractivity contribution in [2.45, 2.75) is 79.1 Å². The van der Waals surface area contributed by atoms with Crippen LogP contribution in [0.3, 0.4) is 0 Å². The first-order valence-corrected chi connectivity index (χ1v) is 10.8. The molecular weight excluding hydrogens is 320 g/mol. The highest BCUT2D eigenvalue weighted by atomic mass is 16.1. The zero-order chi connectivity index (χ0) is 18.7. The maximum Gasteiger partial charge on any atom is 0.159 e. The first-order chi connectivity index (χ1) is 12.3. The van der Waals surface area contributed by atoms with Crippen LogP contribution in [0.25, 0.3) is 0 Å². The molecular formula is C24H34O2. The van der Waals surface area contributed by atoms with Crippen LogP contribution < -0.4 is 0 Å². The van der Waals surface area contributed by atoms with E-state index in [9.17, 15) is 9.59 Å². The van der Waals surface area contributed by atoms with Crippen LogP contribution in [0.5, 0.6) is 0 Å². The van der Waals surface area contributed by atoms with Crippen LogP contribution in [0.4, 0.5) is 0 Å². The Morgan fingerprint density at radius 1 is 1.15 bits per heavy atom. The lowest BCUT2D eigenvalue weighted by Crippen LogP contribution is -2.52. The fourth-order valence-corrected chi connectivity index (χ4v) is 7.60. The van der Waals surface area contributed by atoms with Crippen LogP contribution in [0.15, 0.2) is 23.3 Å². The predicted octanol–water partition coefficient (Wildman–Crippen LogP) is 5.67. The molecule has 4 rings (SSSR count). The summed E-state index contributed by atoms with van der Waals surface area (Å²) in [6, 6.07) is 0. The molecule has 0 aromatic carbocycles. The summed E-state index contributed by atoms with van der Waals surface area (Å²) in [5.74, 6) is 2.91. The van der Waals surface area contributed by atoms with E-state index in [1.807, 2.05) is 0 Å². The van der Waals surface area contributed by atoms with E-state index in [4.69, 9.17) is 0 Å². The maximum absolute atomic E-state index is 13.0. The van der Waals surface area contributed by atoms with Crippen molar-refractivity contribution in [3.05, 3.63) is 23.3 Å². The summed E-state index contributed by atoms with van der Waals surface area (Å²) < 4.78 is 0. The van der Waals surface area contributed by atoms with Crippen molar-refractivity contribution in [3.63, 3.8) is 0 Å². The first kappa shape index (κ1) is 18.2. The van der Waals surface area contributed by atoms with Crippen LogP contribution >= 0.6 is 0 Å². The topological polar surface area (TPSA) is 34.1 Å². The number of hydrogen-bond acceptors (Lipinski definition) is 2. The van der Waals surface area contributed by atoms with Gasteiger partial charge in [-0.1, -0.05) is 32.4 Å². The summed E-state index contributed by atoms with van der Waals surface area (Å²) >= 11 is 0. The van der Waals surface area contributed by atoms with Gasteiger partial charge in [0.05, 0.1) is 0 Å². The van der Waals surface area contributed by atoms with Gasteiger partial charge in [0.15, 0.2) is 11.6 Å². The van der Waals surface area contributed by atoms with Gasteiger partial charge in [-0.25, -0.2) is 0 Å². The molecule has 0 aromatic rings. The van der Waals surface area contributed by atoms with E-state index in [0.29, 0.717) is 41.9 Å². The van der Waals surface area contributed by atoms with Crippen molar-refractivity contribution in [2.75, 3.05) is 0 Å². The Kier molecular flexibility index (Phi) is 4.32. The Hall–Kier alpha value is -1.18. The minimum atomic E-state index is -0.0539. The van der Waals surface area contributed by atoms with Crippen LogP contribution in [-0.2, 0) is 9.59 Å². The second kappa shape index (κ2) is 6.17. The molecule has 3 saturated carbocycles. The second-order valence-electron chi connectivity index (χ2n) is 9.98. The zero-order valence-corrected chi connectivity index (χ0v) is 16.9. The lowest BCUT2D eigenvalue weighted by atomic mass is 9.46. The fraction of sp³-hybridized carbons (Fsp3) is 0.750. The second-order valence-corrected chi connectivity index (χ2v) is 9.98. The molecule has 0 bridgehead atoms. The number of hydrogen-bond donors (Lipinski definition) is 0. The van der Waals surface area contributed by atoms with Gasteiger partial charge in [-0.05, 0) is 86.0 Å². The molecule has 0 spiro atoms. The lowest BCUT2D eigenvalue weighted by molar-refractivity contribution is -0.131. The standard InChI is InChI=1S/C24H34O2/c1-5-6-15(2)18-7-8-19-17-14-22(26)21-13-16(25)9-11-24(21,4)20(17)10-12-23(18,19)3/h6,13,17-20H,5,7-12,14H2,1-4H3/b15-6+/t17?,18-,19?,20?,23?,24?/m1/s1. The Morgan fingerprint density at radius 3 is 2.65 bits per heavy atom. The van der Waals surface area contributed by atoms with E-state index < -0.39 is 0 Å². The largest absolute Gasteiger partial charge is 0.295 e. The predicted molar refractivity (Wildman–Crippen MR) is 105 cm³/mol. The molecule has 6 atom stereocenters. The number of Topliss-reactive ketones (excluding diaryl/α,β-unsaturated/α-hetero) is 1. The molecule has 2 nitrogen and oxygen atoms in total. The van der Waals surface area contributed by atoms with Crippen molar-refractivity contribution in [2.24, 2.45) is 34.5 Å². The lowest BCUT2D eigenvalue weighted by Gasteiger charge is -2.57. The molecule has 2 heteroatoms. The molecule has 0 aromatic heterocycles. The number of allylic oxidation sites excluding steroid dienone is 3. The maximum atomic E-state index is 13.0. The quantitative estimate of drug-likeness (QED) is 0.599. The Morgan fingerprint density at radius 2 is 1.92 bits per heavy atom. The smallest absolute Gasteiger partial charge is 0.159 e. The molecule has 0 heterocycles. The summed E-state index contributed by atoms with van der Waals surface area (Å²) in [7, 11) is 0. The van der Waals surface area contributed by atoms with Crippen LogP contribution in [0.2, 0.25) is 0 Å². The van der Waals surface area contributed by atoms with Gasteiger partial charge in [-0.2, -0.15) is 0 Å². The average Bonchev–Trinajstić information content (AvgIpc) is 2.94. The highest BCUT2D eigenvalue weighted by Crippen LogP contribution is 2.66. The number of rotatable bonds is 2. The molecule has 3 fully saturated rings. The van der Waals surface area contributed by atoms with E-state index in [0.717, 1.165) is 18.4 Å². The summed E-state index contributed by atoms with van der Waals surface area (Å²) in [5, 5.41) is 0. The van der Waals surface area contributed by atoms with Crippen molar-refractivity contribution >= 4 is 11.6 Å². The highest BCUT2D eigenvalue weighted by Gasteiger charge is 2.60. The van der Waals surface area contributed by atoms with E-state index in [-0.39, 0.29) is 17.0 Å². The third kappa shape index (κ3) is 2.43. The molecule has 5 unspecified atom stereocenters. The summed E-state index contributed by atoms with van der Waals surface area (Å²) in [6.45, 7) is 9.36. The summed E-state index contributed by atoms with van der Waals surface area (Å²) in [5.41, 5.74) is 2.75. The van der Waals surface area contributed by atoms with Gasteiger partial charge in [0.25, 0.3) is 0 Å². The first-order valence-electron chi connectivity index (χ1n) is 10.8. The van der Waals surface area contributed by atoms with Crippen molar-refractivity contribution < 1.29 is 9.59 Å². The molecule has 0 radical (unpaired) electrons. The highest BCUT2D eigenvalue weighted by molar-refractivity contribution is 6.05. The number of fused-ring (bicyclic) bond motifs is 5. The Labute approximate surface area is 158 Å². The Balaban J connectivity index is 1.68.